The highest BCUT2D eigenvalue weighted by atomic mass is 16.5. The first-order valence-electron chi connectivity index (χ1n) is 6.28. The van der Waals surface area contributed by atoms with Crippen molar-refractivity contribution < 1.29 is 24.2 Å². The molecule has 0 spiro atoms. The van der Waals surface area contributed by atoms with Crippen LogP contribution in [0.5, 0.6) is 0 Å². The minimum Gasteiger partial charge on any atom is -0.480 e. The summed E-state index contributed by atoms with van der Waals surface area (Å²) < 4.78 is 4.56. The number of carboxylic acids is 1. The number of carbonyl (C=O) groups is 3. The highest BCUT2D eigenvalue weighted by molar-refractivity contribution is 5.94. The lowest BCUT2D eigenvalue weighted by Gasteiger charge is -2.23. The molecule has 1 fully saturated rings. The van der Waals surface area contributed by atoms with Gasteiger partial charge in [0.15, 0.2) is 0 Å². The van der Waals surface area contributed by atoms with Gasteiger partial charge in [0.05, 0.1) is 0 Å². The number of ether oxygens (including phenoxy) is 1. The standard InChI is InChI=1S/C12H20N2O5/c1-12(4-2-3-5-12)8-13-11(18)14-9(15)6-19-7-10(16)17/h2-8H2,1H3,(H,16,17)(H2,13,14,15,18). The van der Waals surface area contributed by atoms with Gasteiger partial charge in [-0.15, -0.1) is 0 Å². The van der Waals surface area contributed by atoms with Crippen LogP contribution in [0.15, 0.2) is 0 Å². The molecule has 1 saturated carbocycles. The third-order valence-electron chi connectivity index (χ3n) is 3.20. The summed E-state index contributed by atoms with van der Waals surface area (Å²) in [5.74, 6) is -1.82. The zero-order valence-electron chi connectivity index (χ0n) is 11.0. The van der Waals surface area contributed by atoms with Crippen LogP contribution in [0, 0.1) is 5.41 Å². The molecule has 1 aliphatic carbocycles. The van der Waals surface area contributed by atoms with Gasteiger partial charge in [0.1, 0.15) is 13.2 Å². The number of carbonyl (C=O) groups excluding carboxylic acids is 2. The summed E-state index contributed by atoms with van der Waals surface area (Å²) in [5, 5.41) is 13.0. The highest BCUT2D eigenvalue weighted by Crippen LogP contribution is 2.36. The quantitative estimate of drug-likeness (QED) is 0.653. The predicted molar refractivity (Wildman–Crippen MR) is 66.6 cm³/mol. The van der Waals surface area contributed by atoms with Gasteiger partial charge in [-0.1, -0.05) is 19.8 Å². The number of imide groups is 1. The molecule has 0 heterocycles. The fourth-order valence-electron chi connectivity index (χ4n) is 2.14. The Kier molecular flexibility index (Phi) is 5.75. The normalized spacial score (nSPS) is 16.9. The van der Waals surface area contributed by atoms with Crippen LogP contribution in [0.4, 0.5) is 4.79 Å². The lowest BCUT2D eigenvalue weighted by atomic mass is 9.89. The van der Waals surface area contributed by atoms with E-state index < -0.39 is 31.1 Å². The van der Waals surface area contributed by atoms with Gasteiger partial charge in [0, 0.05) is 6.54 Å². The summed E-state index contributed by atoms with van der Waals surface area (Å²) in [5.41, 5.74) is 0.111. The van der Waals surface area contributed by atoms with Gasteiger partial charge >= 0.3 is 12.0 Å². The van der Waals surface area contributed by atoms with E-state index in [1.165, 1.54) is 12.8 Å². The van der Waals surface area contributed by atoms with Crippen molar-refractivity contribution in [2.75, 3.05) is 19.8 Å². The lowest BCUT2D eigenvalue weighted by Crippen LogP contribution is -2.44. The Morgan fingerprint density at radius 2 is 1.84 bits per heavy atom. The van der Waals surface area contributed by atoms with Crippen LogP contribution in [-0.2, 0) is 14.3 Å². The van der Waals surface area contributed by atoms with Crippen LogP contribution in [0.1, 0.15) is 32.6 Å². The van der Waals surface area contributed by atoms with Gasteiger partial charge in [-0.2, -0.15) is 0 Å². The summed E-state index contributed by atoms with van der Waals surface area (Å²) in [7, 11) is 0. The topological polar surface area (TPSA) is 105 Å². The molecule has 1 aliphatic rings. The molecule has 7 heteroatoms. The van der Waals surface area contributed by atoms with Crippen molar-refractivity contribution in [1.29, 1.82) is 0 Å². The molecule has 0 saturated heterocycles. The van der Waals surface area contributed by atoms with Crippen LogP contribution in [-0.4, -0.2) is 42.8 Å². The Morgan fingerprint density at radius 3 is 2.42 bits per heavy atom. The van der Waals surface area contributed by atoms with E-state index in [0.717, 1.165) is 12.8 Å². The predicted octanol–water partition coefficient (Wildman–Crippen LogP) is 0.494. The number of hydrogen-bond acceptors (Lipinski definition) is 4. The summed E-state index contributed by atoms with van der Waals surface area (Å²) >= 11 is 0. The minimum absolute atomic E-state index is 0.111. The molecule has 0 radical (unpaired) electrons. The maximum absolute atomic E-state index is 11.4. The van der Waals surface area contributed by atoms with E-state index in [0.29, 0.717) is 6.54 Å². The number of urea groups is 1. The summed E-state index contributed by atoms with van der Waals surface area (Å²) in [6.45, 7) is 1.63. The largest absolute Gasteiger partial charge is 0.480 e. The average molecular weight is 272 g/mol. The molecule has 108 valence electrons. The van der Waals surface area contributed by atoms with E-state index in [4.69, 9.17) is 5.11 Å². The molecule has 3 N–H and O–H groups in total. The molecule has 0 aromatic heterocycles. The summed E-state index contributed by atoms with van der Waals surface area (Å²) in [4.78, 5) is 32.8. The second-order valence-electron chi connectivity index (χ2n) is 5.14. The third-order valence-corrected chi connectivity index (χ3v) is 3.20. The maximum atomic E-state index is 11.4. The number of hydrogen-bond donors (Lipinski definition) is 3. The highest BCUT2D eigenvalue weighted by Gasteiger charge is 2.28. The zero-order chi connectivity index (χ0) is 14.3. The third kappa shape index (κ3) is 6.19. The molecular weight excluding hydrogens is 252 g/mol. The maximum Gasteiger partial charge on any atom is 0.329 e. The van der Waals surface area contributed by atoms with E-state index >= 15 is 0 Å². The molecule has 1 rings (SSSR count). The number of amides is 3. The van der Waals surface area contributed by atoms with Crippen molar-refractivity contribution in [2.24, 2.45) is 5.41 Å². The van der Waals surface area contributed by atoms with Crippen molar-refractivity contribution in [1.82, 2.24) is 10.6 Å². The van der Waals surface area contributed by atoms with Gasteiger partial charge in [0.2, 0.25) is 0 Å². The van der Waals surface area contributed by atoms with Gasteiger partial charge in [-0.25, -0.2) is 9.59 Å². The molecule has 7 nitrogen and oxygen atoms in total. The smallest absolute Gasteiger partial charge is 0.329 e. The Bertz CT molecular complexity index is 350. The molecule has 0 unspecified atom stereocenters. The number of carboxylic acid groups (broad SMARTS) is 1. The number of aliphatic carboxylic acids is 1. The van der Waals surface area contributed by atoms with Crippen molar-refractivity contribution in [2.45, 2.75) is 32.6 Å². The van der Waals surface area contributed by atoms with Crippen LogP contribution < -0.4 is 10.6 Å². The molecule has 0 atom stereocenters. The van der Waals surface area contributed by atoms with Crippen molar-refractivity contribution >= 4 is 17.9 Å². The van der Waals surface area contributed by atoms with Crippen LogP contribution in [0.2, 0.25) is 0 Å². The summed E-state index contributed by atoms with van der Waals surface area (Å²) in [6.07, 6.45) is 4.48. The van der Waals surface area contributed by atoms with E-state index in [9.17, 15) is 14.4 Å². The van der Waals surface area contributed by atoms with E-state index in [1.54, 1.807) is 0 Å². The first-order valence-corrected chi connectivity index (χ1v) is 6.28. The van der Waals surface area contributed by atoms with E-state index in [2.05, 4.69) is 22.3 Å². The van der Waals surface area contributed by atoms with Gasteiger partial charge < -0.3 is 15.2 Å². The van der Waals surface area contributed by atoms with Crippen LogP contribution >= 0.6 is 0 Å². The Morgan fingerprint density at radius 1 is 1.21 bits per heavy atom. The fraction of sp³-hybridized carbons (Fsp3) is 0.750. The summed E-state index contributed by atoms with van der Waals surface area (Å²) in [6, 6.07) is -0.572. The van der Waals surface area contributed by atoms with Gasteiger partial charge in [-0.3, -0.25) is 10.1 Å². The average Bonchev–Trinajstić information content (AvgIpc) is 2.74. The molecule has 3 amide bonds. The monoisotopic (exact) mass is 272 g/mol. The van der Waals surface area contributed by atoms with Gasteiger partial charge in [-0.05, 0) is 18.3 Å². The van der Waals surface area contributed by atoms with E-state index in [1.807, 2.05) is 0 Å². The Labute approximate surface area is 111 Å². The van der Waals surface area contributed by atoms with Crippen molar-refractivity contribution in [3.05, 3.63) is 0 Å². The molecule has 0 aliphatic heterocycles. The van der Waals surface area contributed by atoms with Crippen molar-refractivity contribution in [3.63, 3.8) is 0 Å². The minimum atomic E-state index is -1.16. The van der Waals surface area contributed by atoms with Gasteiger partial charge in [0.25, 0.3) is 5.91 Å². The molecule has 0 aromatic carbocycles. The molecule has 19 heavy (non-hydrogen) atoms. The Balaban J connectivity index is 2.16. The van der Waals surface area contributed by atoms with Crippen molar-refractivity contribution in [3.8, 4) is 0 Å². The first-order chi connectivity index (χ1) is 8.91. The zero-order valence-corrected chi connectivity index (χ0v) is 11.0. The first kappa shape index (κ1) is 15.4. The lowest BCUT2D eigenvalue weighted by molar-refractivity contribution is -0.143. The molecular formula is C12H20N2O5. The SMILES string of the molecule is CC1(CNC(=O)NC(=O)COCC(=O)O)CCCC1. The second kappa shape index (κ2) is 7.08. The second-order valence-corrected chi connectivity index (χ2v) is 5.14. The fourth-order valence-corrected chi connectivity index (χ4v) is 2.14. The Hall–Kier alpha value is -1.63. The van der Waals surface area contributed by atoms with Crippen LogP contribution in [0.3, 0.4) is 0 Å². The van der Waals surface area contributed by atoms with E-state index in [-0.39, 0.29) is 5.41 Å². The molecule has 0 bridgehead atoms. The number of rotatable bonds is 6. The molecule has 0 aromatic rings. The number of nitrogens with one attached hydrogen (secondary N) is 2. The van der Waals surface area contributed by atoms with Crippen LogP contribution in [0.25, 0.3) is 0 Å².